The highest BCUT2D eigenvalue weighted by molar-refractivity contribution is 7.89. The van der Waals surface area contributed by atoms with Gasteiger partial charge in [0.1, 0.15) is 0 Å². The fourth-order valence-electron chi connectivity index (χ4n) is 1.04. The Morgan fingerprint density at radius 1 is 1.35 bits per heavy atom. The van der Waals surface area contributed by atoms with Crippen LogP contribution in [0.3, 0.4) is 0 Å². The zero-order valence-corrected chi connectivity index (χ0v) is 11.7. The molecule has 1 N–H and O–H groups in total. The smallest absolute Gasteiger partial charge is 0.240 e. The van der Waals surface area contributed by atoms with Crippen molar-refractivity contribution in [2.24, 2.45) is 0 Å². The van der Waals surface area contributed by atoms with Crippen molar-refractivity contribution in [1.82, 2.24) is 4.72 Å². The summed E-state index contributed by atoms with van der Waals surface area (Å²) >= 11 is 11.5. The summed E-state index contributed by atoms with van der Waals surface area (Å²) in [7, 11) is -2.07. The van der Waals surface area contributed by atoms with E-state index in [1.165, 1.54) is 25.3 Å². The van der Waals surface area contributed by atoms with Crippen LogP contribution in [0.2, 0.25) is 10.0 Å². The average Bonchev–Trinajstić information content (AvgIpc) is 2.29. The standard InChI is InChI=1S/C10H13Cl2NO3S/c1-7(16-2)6-13-17(14,15)8-3-4-9(11)10(12)5-8/h3-5,7,13H,6H2,1-2H3. The van der Waals surface area contributed by atoms with Crippen LogP contribution < -0.4 is 4.72 Å². The number of methoxy groups -OCH3 is 1. The quantitative estimate of drug-likeness (QED) is 0.907. The molecule has 1 unspecified atom stereocenters. The van der Waals surface area contributed by atoms with E-state index in [1.54, 1.807) is 6.92 Å². The van der Waals surface area contributed by atoms with Gasteiger partial charge in [0, 0.05) is 13.7 Å². The van der Waals surface area contributed by atoms with E-state index in [4.69, 9.17) is 27.9 Å². The number of nitrogens with one attached hydrogen (secondary N) is 1. The predicted octanol–water partition coefficient (Wildman–Crippen LogP) is 2.31. The van der Waals surface area contributed by atoms with Crippen LogP contribution >= 0.6 is 23.2 Å². The number of hydrogen-bond acceptors (Lipinski definition) is 3. The molecule has 0 radical (unpaired) electrons. The van der Waals surface area contributed by atoms with Gasteiger partial charge in [0.15, 0.2) is 0 Å². The van der Waals surface area contributed by atoms with Gasteiger partial charge in [-0.1, -0.05) is 23.2 Å². The number of halogens is 2. The van der Waals surface area contributed by atoms with Crippen molar-refractivity contribution in [3.63, 3.8) is 0 Å². The van der Waals surface area contributed by atoms with Gasteiger partial charge < -0.3 is 4.74 Å². The minimum atomic E-state index is -3.58. The minimum absolute atomic E-state index is 0.0789. The molecule has 1 rings (SSSR count). The van der Waals surface area contributed by atoms with Crippen LogP contribution in [0.5, 0.6) is 0 Å². The molecule has 0 saturated carbocycles. The first-order valence-electron chi connectivity index (χ1n) is 4.84. The third-order valence-electron chi connectivity index (χ3n) is 2.16. The third kappa shape index (κ3) is 4.12. The molecule has 4 nitrogen and oxygen atoms in total. The van der Waals surface area contributed by atoms with Crippen molar-refractivity contribution in [3.05, 3.63) is 28.2 Å². The Morgan fingerprint density at radius 3 is 2.53 bits per heavy atom. The molecule has 17 heavy (non-hydrogen) atoms. The molecule has 0 aliphatic carbocycles. The number of rotatable bonds is 5. The first-order chi connectivity index (χ1) is 7.86. The van der Waals surface area contributed by atoms with Gasteiger partial charge in [-0.2, -0.15) is 0 Å². The lowest BCUT2D eigenvalue weighted by Crippen LogP contribution is -2.31. The van der Waals surface area contributed by atoms with E-state index in [0.717, 1.165) is 0 Å². The summed E-state index contributed by atoms with van der Waals surface area (Å²) in [5.41, 5.74) is 0. The molecule has 96 valence electrons. The van der Waals surface area contributed by atoms with Gasteiger partial charge in [-0.25, -0.2) is 13.1 Å². The summed E-state index contributed by atoms with van der Waals surface area (Å²) in [6.45, 7) is 1.95. The Labute approximate surface area is 111 Å². The lowest BCUT2D eigenvalue weighted by atomic mass is 10.4. The molecule has 0 saturated heterocycles. The van der Waals surface area contributed by atoms with Gasteiger partial charge in [-0.05, 0) is 25.1 Å². The van der Waals surface area contributed by atoms with E-state index in [9.17, 15) is 8.42 Å². The highest BCUT2D eigenvalue weighted by atomic mass is 35.5. The SMILES string of the molecule is COC(C)CNS(=O)(=O)c1ccc(Cl)c(Cl)c1. The van der Waals surface area contributed by atoms with Crippen LogP contribution in [0.1, 0.15) is 6.92 Å². The lowest BCUT2D eigenvalue weighted by Gasteiger charge is -2.11. The maximum atomic E-state index is 11.8. The monoisotopic (exact) mass is 297 g/mol. The summed E-state index contributed by atoms with van der Waals surface area (Å²) in [4.78, 5) is 0.0789. The molecule has 7 heteroatoms. The average molecular weight is 298 g/mol. The van der Waals surface area contributed by atoms with Gasteiger partial charge >= 0.3 is 0 Å². The van der Waals surface area contributed by atoms with E-state index in [1.807, 2.05) is 0 Å². The Kier molecular flexibility index (Phi) is 5.22. The van der Waals surface area contributed by atoms with Crippen LogP contribution in [-0.2, 0) is 14.8 Å². The molecule has 1 aromatic carbocycles. The van der Waals surface area contributed by atoms with E-state index < -0.39 is 10.0 Å². The molecule has 0 aliphatic heterocycles. The van der Waals surface area contributed by atoms with Crippen LogP contribution in [0, 0.1) is 0 Å². The molecule has 0 spiro atoms. The second-order valence-electron chi connectivity index (χ2n) is 3.47. The lowest BCUT2D eigenvalue weighted by molar-refractivity contribution is 0.122. The Balaban J connectivity index is 2.86. The molecule has 1 aromatic rings. The molecule has 0 aromatic heterocycles. The van der Waals surface area contributed by atoms with Gasteiger partial charge in [-0.3, -0.25) is 0 Å². The molecule has 0 fully saturated rings. The van der Waals surface area contributed by atoms with Crippen molar-refractivity contribution in [1.29, 1.82) is 0 Å². The maximum Gasteiger partial charge on any atom is 0.240 e. The molecule has 0 aliphatic rings. The first-order valence-corrected chi connectivity index (χ1v) is 7.08. The molecule has 0 amide bonds. The second-order valence-corrected chi connectivity index (χ2v) is 6.06. The molecular formula is C10H13Cl2NO3S. The zero-order valence-electron chi connectivity index (χ0n) is 9.41. The Morgan fingerprint density at radius 2 is 2.00 bits per heavy atom. The van der Waals surface area contributed by atoms with E-state index in [0.29, 0.717) is 5.02 Å². The van der Waals surface area contributed by atoms with Crippen LogP contribution in [0.25, 0.3) is 0 Å². The molecule has 1 atom stereocenters. The number of ether oxygens (including phenoxy) is 1. The van der Waals surface area contributed by atoms with Gasteiger partial charge in [0.05, 0.1) is 21.0 Å². The Hall–Kier alpha value is -0.330. The highest BCUT2D eigenvalue weighted by Gasteiger charge is 2.16. The fraction of sp³-hybridized carbons (Fsp3) is 0.400. The molecular weight excluding hydrogens is 285 g/mol. The fourth-order valence-corrected chi connectivity index (χ4v) is 2.54. The van der Waals surface area contributed by atoms with Gasteiger partial charge in [0.2, 0.25) is 10.0 Å². The predicted molar refractivity (Wildman–Crippen MR) is 68.1 cm³/mol. The van der Waals surface area contributed by atoms with E-state index in [-0.39, 0.29) is 22.6 Å². The number of hydrogen-bond donors (Lipinski definition) is 1. The summed E-state index contributed by atoms with van der Waals surface area (Å²) in [6.07, 6.45) is -0.201. The van der Waals surface area contributed by atoms with Gasteiger partial charge in [-0.15, -0.1) is 0 Å². The van der Waals surface area contributed by atoms with Crippen LogP contribution in [-0.4, -0.2) is 28.2 Å². The normalized spacial score (nSPS) is 13.6. The van der Waals surface area contributed by atoms with Crippen molar-refractivity contribution < 1.29 is 13.2 Å². The second kappa shape index (κ2) is 6.02. The molecule has 0 bridgehead atoms. The van der Waals surface area contributed by atoms with Crippen LogP contribution in [0.4, 0.5) is 0 Å². The third-order valence-corrected chi connectivity index (χ3v) is 4.32. The molecule has 0 heterocycles. The van der Waals surface area contributed by atoms with Crippen LogP contribution in [0.15, 0.2) is 23.1 Å². The zero-order chi connectivity index (χ0) is 13.1. The number of sulfonamides is 1. The van der Waals surface area contributed by atoms with E-state index >= 15 is 0 Å². The first kappa shape index (κ1) is 14.7. The van der Waals surface area contributed by atoms with Crippen molar-refractivity contribution in [2.75, 3.05) is 13.7 Å². The van der Waals surface area contributed by atoms with Crippen molar-refractivity contribution in [3.8, 4) is 0 Å². The van der Waals surface area contributed by atoms with Gasteiger partial charge in [0.25, 0.3) is 0 Å². The van der Waals surface area contributed by atoms with Crippen molar-refractivity contribution in [2.45, 2.75) is 17.9 Å². The Bertz CT molecular complexity index is 490. The largest absolute Gasteiger partial charge is 0.380 e. The highest BCUT2D eigenvalue weighted by Crippen LogP contribution is 2.24. The summed E-state index contributed by atoms with van der Waals surface area (Å²) in [5.74, 6) is 0. The van der Waals surface area contributed by atoms with E-state index in [2.05, 4.69) is 4.72 Å². The number of benzene rings is 1. The topological polar surface area (TPSA) is 55.4 Å². The summed E-state index contributed by atoms with van der Waals surface area (Å²) in [5, 5.41) is 0.519. The van der Waals surface area contributed by atoms with Crippen molar-refractivity contribution >= 4 is 33.2 Å². The summed E-state index contributed by atoms with van der Waals surface area (Å²) in [6, 6.07) is 4.15. The summed E-state index contributed by atoms with van der Waals surface area (Å²) < 4.78 is 31.1. The maximum absolute atomic E-state index is 11.8. The minimum Gasteiger partial charge on any atom is -0.380 e.